The van der Waals surface area contributed by atoms with Gasteiger partial charge in [-0.2, -0.15) is 0 Å². The Bertz CT molecular complexity index is 402. The molecule has 0 aliphatic carbocycles. The van der Waals surface area contributed by atoms with Crippen LogP contribution in [-0.4, -0.2) is 16.2 Å². The summed E-state index contributed by atoms with van der Waals surface area (Å²) >= 11 is 0. The van der Waals surface area contributed by atoms with E-state index in [4.69, 9.17) is 5.11 Å². The molecule has 0 radical (unpaired) electrons. The van der Waals surface area contributed by atoms with Gasteiger partial charge < -0.3 is 9.63 Å². The van der Waals surface area contributed by atoms with Gasteiger partial charge in [-0.15, -0.1) is 0 Å². The van der Waals surface area contributed by atoms with E-state index in [9.17, 15) is 4.79 Å². The van der Waals surface area contributed by atoms with Gasteiger partial charge in [-0.25, -0.2) is 4.79 Å². The van der Waals surface area contributed by atoms with Crippen molar-refractivity contribution in [3.05, 3.63) is 48.9 Å². The third-order valence-electron chi connectivity index (χ3n) is 1.53. The van der Waals surface area contributed by atoms with Gasteiger partial charge in [-0.1, -0.05) is 50.4 Å². The fourth-order valence-corrected chi connectivity index (χ4v) is 0.897. The smallest absolute Gasteiger partial charge is 0.374 e. The van der Waals surface area contributed by atoms with E-state index in [2.05, 4.69) is 22.8 Å². The average molecular weight is 221 g/mol. The van der Waals surface area contributed by atoms with E-state index in [1.165, 1.54) is 6.07 Å². The number of nitrogens with zero attached hydrogens (tertiary/aromatic N) is 1. The molecule has 0 aromatic carbocycles. The summed E-state index contributed by atoms with van der Waals surface area (Å²) in [6.07, 6.45) is 4.77. The Morgan fingerprint density at radius 2 is 2.12 bits per heavy atom. The van der Waals surface area contributed by atoms with Crippen LogP contribution in [0.4, 0.5) is 0 Å². The molecule has 16 heavy (non-hydrogen) atoms. The van der Waals surface area contributed by atoms with Gasteiger partial charge in [0.2, 0.25) is 5.76 Å². The number of carbonyl (C=O) groups is 1. The number of hydrogen-bond acceptors (Lipinski definition) is 3. The highest BCUT2D eigenvalue weighted by Gasteiger charge is 2.11. The van der Waals surface area contributed by atoms with Crippen LogP contribution in [0.2, 0.25) is 0 Å². The average Bonchev–Trinajstić information content (AvgIpc) is 2.78. The van der Waals surface area contributed by atoms with E-state index in [1.807, 2.05) is 13.8 Å². The van der Waals surface area contributed by atoms with Crippen molar-refractivity contribution in [3.8, 4) is 0 Å². The Hall–Kier alpha value is -2.10. The summed E-state index contributed by atoms with van der Waals surface area (Å²) in [5, 5.41) is 12.2. The predicted molar refractivity (Wildman–Crippen MR) is 63.2 cm³/mol. The van der Waals surface area contributed by atoms with E-state index >= 15 is 0 Å². The molecule has 0 fully saturated rings. The molecule has 1 heterocycles. The van der Waals surface area contributed by atoms with Crippen LogP contribution in [-0.2, 0) is 0 Å². The molecule has 0 unspecified atom stereocenters. The molecule has 1 rings (SSSR count). The number of aromatic nitrogens is 1. The molecule has 0 atom stereocenters. The van der Waals surface area contributed by atoms with Crippen molar-refractivity contribution in [2.45, 2.75) is 13.8 Å². The monoisotopic (exact) mass is 221 g/mol. The molecule has 0 bridgehead atoms. The summed E-state index contributed by atoms with van der Waals surface area (Å²) in [5.41, 5.74) is 1.09. The van der Waals surface area contributed by atoms with Gasteiger partial charge in [0.15, 0.2) is 0 Å². The number of aromatic carboxylic acids is 1. The molecule has 0 spiro atoms. The van der Waals surface area contributed by atoms with Gasteiger partial charge in [0, 0.05) is 11.6 Å². The molecule has 4 nitrogen and oxygen atoms in total. The lowest BCUT2D eigenvalue weighted by Gasteiger charge is -1.90. The van der Waals surface area contributed by atoms with Gasteiger partial charge in [0.05, 0.1) is 0 Å². The van der Waals surface area contributed by atoms with Crippen molar-refractivity contribution >= 4 is 11.5 Å². The highest BCUT2D eigenvalue weighted by atomic mass is 16.5. The van der Waals surface area contributed by atoms with E-state index in [0.717, 1.165) is 0 Å². The largest absolute Gasteiger partial charge is 0.475 e. The molecule has 0 saturated heterocycles. The van der Waals surface area contributed by atoms with Crippen LogP contribution in [0.3, 0.4) is 0 Å². The summed E-state index contributed by atoms with van der Waals surface area (Å²) in [5.74, 6) is -1.34. The van der Waals surface area contributed by atoms with Gasteiger partial charge in [-0.3, -0.25) is 0 Å². The quantitative estimate of drug-likeness (QED) is 0.793. The van der Waals surface area contributed by atoms with Crippen LogP contribution < -0.4 is 0 Å². The van der Waals surface area contributed by atoms with Crippen molar-refractivity contribution in [1.29, 1.82) is 0 Å². The van der Waals surface area contributed by atoms with Gasteiger partial charge >= 0.3 is 5.97 Å². The molecule has 0 aliphatic rings. The van der Waals surface area contributed by atoms with Crippen molar-refractivity contribution in [3.63, 3.8) is 0 Å². The molecule has 0 amide bonds. The minimum absolute atomic E-state index is 0.197. The van der Waals surface area contributed by atoms with E-state index in [0.29, 0.717) is 11.3 Å². The zero-order chi connectivity index (χ0) is 12.6. The van der Waals surface area contributed by atoms with Crippen LogP contribution in [0.15, 0.2) is 42.0 Å². The lowest BCUT2D eigenvalue weighted by molar-refractivity contribution is 0.0652. The van der Waals surface area contributed by atoms with Crippen molar-refractivity contribution in [2.24, 2.45) is 0 Å². The summed E-state index contributed by atoms with van der Waals surface area (Å²) in [6, 6.07) is 1.33. The Kier molecular flexibility index (Phi) is 6.28. The standard InChI is InChI=1S/C10H9NO3.C2H6/c1-3-5-7(4-2)8-6-9(10(12)13)14-11-8;1-2/h3-6H,1-2H2,(H,12,13);1-2H3/b7-5+;. The molecule has 1 aromatic rings. The number of allylic oxidation sites excluding steroid dienone is 4. The summed E-state index contributed by atoms with van der Waals surface area (Å²) < 4.78 is 4.58. The van der Waals surface area contributed by atoms with Gasteiger partial charge in [0.25, 0.3) is 0 Å². The molecular formula is C12H15NO3. The first kappa shape index (κ1) is 13.9. The maximum absolute atomic E-state index is 10.5. The van der Waals surface area contributed by atoms with Crippen LogP contribution in [0.25, 0.3) is 5.57 Å². The van der Waals surface area contributed by atoms with Crippen LogP contribution >= 0.6 is 0 Å². The van der Waals surface area contributed by atoms with Crippen molar-refractivity contribution < 1.29 is 14.4 Å². The number of carboxylic acids is 1. The molecule has 1 aromatic heterocycles. The second-order valence-corrected chi connectivity index (χ2v) is 2.44. The molecular weight excluding hydrogens is 206 g/mol. The number of rotatable bonds is 4. The lowest BCUT2D eigenvalue weighted by atomic mass is 10.1. The Labute approximate surface area is 94.6 Å². The fraction of sp³-hybridized carbons (Fsp3) is 0.167. The Morgan fingerprint density at radius 3 is 2.50 bits per heavy atom. The van der Waals surface area contributed by atoms with E-state index in [-0.39, 0.29) is 5.76 Å². The van der Waals surface area contributed by atoms with Crippen molar-refractivity contribution in [2.75, 3.05) is 0 Å². The zero-order valence-corrected chi connectivity index (χ0v) is 9.43. The van der Waals surface area contributed by atoms with Crippen LogP contribution in [0, 0.1) is 0 Å². The highest BCUT2D eigenvalue weighted by Crippen LogP contribution is 2.15. The molecule has 4 heteroatoms. The minimum atomic E-state index is -1.15. The first-order valence-electron chi connectivity index (χ1n) is 4.84. The van der Waals surface area contributed by atoms with E-state index in [1.54, 1.807) is 18.2 Å². The van der Waals surface area contributed by atoms with Crippen LogP contribution in [0.1, 0.15) is 30.1 Å². The third kappa shape index (κ3) is 3.57. The SMILES string of the molecule is C=C/C=C(\C=C)c1cc(C(=O)O)on1.CC. The molecule has 0 aliphatic heterocycles. The number of carboxylic acid groups (broad SMARTS) is 1. The maximum atomic E-state index is 10.5. The summed E-state index contributed by atoms with van der Waals surface area (Å²) in [7, 11) is 0. The Morgan fingerprint density at radius 1 is 1.50 bits per heavy atom. The second kappa shape index (κ2) is 7.23. The zero-order valence-electron chi connectivity index (χ0n) is 9.43. The molecule has 0 saturated carbocycles. The number of hydrogen-bond donors (Lipinski definition) is 1. The topological polar surface area (TPSA) is 63.3 Å². The van der Waals surface area contributed by atoms with Crippen LogP contribution in [0.5, 0.6) is 0 Å². The molecule has 86 valence electrons. The maximum Gasteiger partial charge on any atom is 0.374 e. The van der Waals surface area contributed by atoms with E-state index < -0.39 is 5.97 Å². The van der Waals surface area contributed by atoms with Gasteiger partial charge in [-0.05, 0) is 0 Å². The normalized spacial score (nSPS) is 10.0. The van der Waals surface area contributed by atoms with Gasteiger partial charge in [0.1, 0.15) is 5.69 Å². The Balaban J connectivity index is 0.00000106. The van der Waals surface area contributed by atoms with Crippen molar-refractivity contribution in [1.82, 2.24) is 5.16 Å². The summed E-state index contributed by atoms with van der Waals surface area (Å²) in [4.78, 5) is 10.5. The highest BCUT2D eigenvalue weighted by molar-refractivity contribution is 5.86. The second-order valence-electron chi connectivity index (χ2n) is 2.44. The first-order chi connectivity index (χ1) is 7.69. The fourth-order valence-electron chi connectivity index (χ4n) is 0.897. The molecule has 1 N–H and O–H groups in total. The minimum Gasteiger partial charge on any atom is -0.475 e. The third-order valence-corrected chi connectivity index (χ3v) is 1.53. The lowest BCUT2D eigenvalue weighted by Crippen LogP contribution is -1.91. The summed E-state index contributed by atoms with van der Waals surface area (Å²) in [6.45, 7) is 11.1. The predicted octanol–water partition coefficient (Wildman–Crippen LogP) is 3.15. The first-order valence-corrected chi connectivity index (χ1v) is 4.84.